The van der Waals surface area contributed by atoms with Gasteiger partial charge in [-0.3, -0.25) is 19.6 Å². The lowest BCUT2D eigenvalue weighted by Gasteiger charge is -2.09. The van der Waals surface area contributed by atoms with Crippen LogP contribution in [0.2, 0.25) is 0 Å². The van der Waals surface area contributed by atoms with Gasteiger partial charge < -0.3 is 14.6 Å². The maximum Gasteiger partial charge on any atom is 0.307 e. The van der Waals surface area contributed by atoms with Crippen LogP contribution in [0, 0.1) is 10.1 Å². The van der Waals surface area contributed by atoms with E-state index in [0.29, 0.717) is 12.3 Å². The molecule has 1 amide bonds. The van der Waals surface area contributed by atoms with Crippen LogP contribution < -0.4 is 5.32 Å². The Morgan fingerprint density at radius 2 is 2.26 bits per heavy atom. The summed E-state index contributed by atoms with van der Waals surface area (Å²) in [5.41, 5.74) is -0.0876. The number of hydrogen-bond donors (Lipinski definition) is 1. The fourth-order valence-corrected chi connectivity index (χ4v) is 1.96. The molecule has 9 nitrogen and oxygen atoms in total. The van der Waals surface area contributed by atoms with Crippen molar-refractivity contribution in [3.05, 3.63) is 46.2 Å². The van der Waals surface area contributed by atoms with Gasteiger partial charge in [0.05, 0.1) is 11.5 Å². The summed E-state index contributed by atoms with van der Waals surface area (Å²) in [7, 11) is 3.94. The zero-order valence-corrected chi connectivity index (χ0v) is 13.1. The van der Waals surface area contributed by atoms with E-state index in [0.717, 1.165) is 13.0 Å². The quantitative estimate of drug-likeness (QED) is 0.443. The normalized spacial score (nSPS) is 10.9. The lowest BCUT2D eigenvalue weighted by Crippen LogP contribution is -2.26. The van der Waals surface area contributed by atoms with Crippen molar-refractivity contribution in [1.29, 1.82) is 0 Å². The highest BCUT2D eigenvalue weighted by Gasteiger charge is 2.13. The number of furan rings is 1. The number of carbonyl (C=O) groups is 1. The van der Waals surface area contributed by atoms with E-state index in [1.54, 1.807) is 12.1 Å². The van der Waals surface area contributed by atoms with Gasteiger partial charge in [0.1, 0.15) is 18.2 Å². The lowest BCUT2D eigenvalue weighted by molar-refractivity contribution is -0.385. The number of carbonyl (C=O) groups excluding carboxylic acids is 1. The first kappa shape index (κ1) is 16.7. The van der Waals surface area contributed by atoms with Crippen LogP contribution in [-0.4, -0.2) is 52.7 Å². The van der Waals surface area contributed by atoms with Gasteiger partial charge in [-0.15, -0.1) is 0 Å². The van der Waals surface area contributed by atoms with E-state index in [1.807, 2.05) is 19.0 Å². The monoisotopic (exact) mass is 321 g/mol. The number of rotatable bonds is 8. The van der Waals surface area contributed by atoms with E-state index in [1.165, 1.54) is 17.1 Å². The minimum Gasteiger partial charge on any atom is -0.454 e. The van der Waals surface area contributed by atoms with Crippen molar-refractivity contribution in [3.63, 3.8) is 0 Å². The van der Waals surface area contributed by atoms with Crippen LogP contribution in [0.5, 0.6) is 0 Å². The van der Waals surface area contributed by atoms with Crippen molar-refractivity contribution in [2.75, 3.05) is 27.2 Å². The van der Waals surface area contributed by atoms with E-state index < -0.39 is 4.92 Å². The molecule has 0 aliphatic rings. The van der Waals surface area contributed by atoms with E-state index >= 15 is 0 Å². The second-order valence-corrected chi connectivity index (χ2v) is 5.33. The molecule has 2 aromatic rings. The van der Waals surface area contributed by atoms with Gasteiger partial charge in [0.2, 0.25) is 0 Å². The number of hydrogen-bond acceptors (Lipinski definition) is 6. The lowest BCUT2D eigenvalue weighted by atomic mass is 10.3. The Hall–Kier alpha value is -2.68. The molecule has 0 aliphatic carbocycles. The maximum atomic E-state index is 11.9. The molecular weight excluding hydrogens is 302 g/mol. The average molecular weight is 321 g/mol. The summed E-state index contributed by atoms with van der Waals surface area (Å²) in [6.45, 7) is 1.68. The van der Waals surface area contributed by atoms with Crippen molar-refractivity contribution in [1.82, 2.24) is 20.0 Å². The molecule has 9 heteroatoms. The highest BCUT2D eigenvalue weighted by molar-refractivity contribution is 5.91. The van der Waals surface area contributed by atoms with Gasteiger partial charge in [0.25, 0.3) is 5.91 Å². The van der Waals surface area contributed by atoms with Gasteiger partial charge in [0.15, 0.2) is 5.76 Å². The molecule has 0 atom stereocenters. The van der Waals surface area contributed by atoms with Crippen LogP contribution in [-0.2, 0) is 6.54 Å². The van der Waals surface area contributed by atoms with Gasteiger partial charge in [-0.05, 0) is 39.2 Å². The molecule has 2 heterocycles. The molecule has 0 saturated heterocycles. The average Bonchev–Trinajstić information content (AvgIpc) is 3.13. The largest absolute Gasteiger partial charge is 0.454 e. The molecule has 0 aliphatic heterocycles. The highest BCUT2D eigenvalue weighted by atomic mass is 16.6. The molecule has 124 valence electrons. The van der Waals surface area contributed by atoms with Crippen LogP contribution in [0.25, 0.3) is 0 Å². The first-order valence-electron chi connectivity index (χ1n) is 7.14. The fourth-order valence-electron chi connectivity index (χ4n) is 1.96. The van der Waals surface area contributed by atoms with Gasteiger partial charge in [0, 0.05) is 6.54 Å². The summed E-state index contributed by atoms with van der Waals surface area (Å²) in [5.74, 6) is 0.439. The summed E-state index contributed by atoms with van der Waals surface area (Å²) in [6.07, 6.45) is 3.33. The zero-order chi connectivity index (χ0) is 16.8. The van der Waals surface area contributed by atoms with Crippen molar-refractivity contribution >= 4 is 11.6 Å². The van der Waals surface area contributed by atoms with Crippen LogP contribution in [0.3, 0.4) is 0 Å². The molecular formula is C14H19N5O4. The molecule has 0 fully saturated rings. The Bertz CT molecular complexity index is 676. The zero-order valence-electron chi connectivity index (χ0n) is 13.1. The highest BCUT2D eigenvalue weighted by Crippen LogP contribution is 2.12. The molecule has 2 rings (SSSR count). The van der Waals surface area contributed by atoms with E-state index in [9.17, 15) is 14.9 Å². The Balaban J connectivity index is 1.86. The van der Waals surface area contributed by atoms with Gasteiger partial charge >= 0.3 is 5.69 Å². The Labute approximate surface area is 133 Å². The second-order valence-electron chi connectivity index (χ2n) is 5.33. The van der Waals surface area contributed by atoms with Crippen LogP contribution in [0.4, 0.5) is 5.69 Å². The maximum absolute atomic E-state index is 11.9. The summed E-state index contributed by atoms with van der Waals surface area (Å²) in [4.78, 5) is 24.0. The molecule has 0 bridgehead atoms. The van der Waals surface area contributed by atoms with Gasteiger partial charge in [-0.1, -0.05) is 0 Å². The summed E-state index contributed by atoms with van der Waals surface area (Å²) >= 11 is 0. The van der Waals surface area contributed by atoms with Gasteiger partial charge in [-0.2, -0.15) is 5.10 Å². The van der Waals surface area contributed by atoms with E-state index in [-0.39, 0.29) is 23.9 Å². The Kier molecular flexibility index (Phi) is 5.47. The number of nitro groups is 1. The van der Waals surface area contributed by atoms with Crippen molar-refractivity contribution in [3.8, 4) is 0 Å². The van der Waals surface area contributed by atoms with E-state index in [2.05, 4.69) is 10.4 Å². The summed E-state index contributed by atoms with van der Waals surface area (Å²) in [6, 6.07) is 3.23. The van der Waals surface area contributed by atoms with Crippen molar-refractivity contribution in [2.24, 2.45) is 0 Å². The first-order valence-corrected chi connectivity index (χ1v) is 7.14. The number of aromatic nitrogens is 2. The number of amides is 1. The number of nitrogens with zero attached hydrogens (tertiary/aromatic N) is 4. The third kappa shape index (κ3) is 4.92. The Morgan fingerprint density at radius 1 is 1.48 bits per heavy atom. The molecule has 0 spiro atoms. The SMILES string of the molecule is CN(C)CCCNC(=O)c1ccc(Cn2cc([N+](=O)[O-])cn2)o1. The molecule has 0 aromatic carbocycles. The van der Waals surface area contributed by atoms with Gasteiger partial charge in [-0.25, -0.2) is 0 Å². The summed E-state index contributed by atoms with van der Waals surface area (Å²) in [5, 5.41) is 17.3. The minimum atomic E-state index is -0.516. The third-order valence-electron chi connectivity index (χ3n) is 3.10. The van der Waals surface area contributed by atoms with Crippen molar-refractivity contribution in [2.45, 2.75) is 13.0 Å². The fraction of sp³-hybridized carbons (Fsp3) is 0.429. The standard InChI is InChI=1S/C14H19N5O4/c1-17(2)7-3-6-15-14(20)13-5-4-12(23-13)10-18-9-11(8-16-18)19(21)22/h4-5,8-9H,3,6-7,10H2,1-2H3,(H,15,20). The van der Waals surface area contributed by atoms with Crippen molar-refractivity contribution < 1.29 is 14.1 Å². The smallest absolute Gasteiger partial charge is 0.307 e. The predicted molar refractivity (Wildman–Crippen MR) is 82.2 cm³/mol. The van der Waals surface area contributed by atoms with Crippen LogP contribution in [0.15, 0.2) is 28.9 Å². The minimum absolute atomic E-state index is 0.0876. The molecule has 0 radical (unpaired) electrons. The van der Waals surface area contributed by atoms with E-state index in [4.69, 9.17) is 4.42 Å². The molecule has 1 N–H and O–H groups in total. The number of nitrogens with one attached hydrogen (secondary N) is 1. The second kappa shape index (κ2) is 7.54. The summed E-state index contributed by atoms with van der Waals surface area (Å²) < 4.78 is 6.83. The van der Waals surface area contributed by atoms with Crippen LogP contribution >= 0.6 is 0 Å². The topological polar surface area (TPSA) is 106 Å². The molecule has 23 heavy (non-hydrogen) atoms. The first-order chi connectivity index (χ1) is 11.0. The molecule has 0 unspecified atom stereocenters. The predicted octanol–water partition coefficient (Wildman–Crippen LogP) is 1.11. The van der Waals surface area contributed by atoms with Crippen LogP contribution in [0.1, 0.15) is 22.7 Å². The molecule has 2 aromatic heterocycles. The molecule has 0 saturated carbocycles. The Morgan fingerprint density at radius 3 is 2.91 bits per heavy atom. The third-order valence-corrected chi connectivity index (χ3v) is 3.10.